The lowest BCUT2D eigenvalue weighted by atomic mass is 10.2. The second-order valence-electron chi connectivity index (χ2n) is 7.94. The molecule has 17 heteroatoms. The zero-order chi connectivity index (χ0) is 29.7. The van der Waals surface area contributed by atoms with Gasteiger partial charge >= 0.3 is 5.97 Å². The van der Waals surface area contributed by atoms with Crippen LogP contribution < -0.4 is 11.5 Å². The van der Waals surface area contributed by atoms with E-state index in [2.05, 4.69) is 20.5 Å². The van der Waals surface area contributed by atoms with Crippen molar-refractivity contribution < 1.29 is 41.1 Å². The number of nitrogens with two attached hydrogens (primary N) is 2. The summed E-state index contributed by atoms with van der Waals surface area (Å²) in [5.74, 6) is -1.28. The van der Waals surface area contributed by atoms with Gasteiger partial charge in [-0.25, -0.2) is 13.2 Å². The summed E-state index contributed by atoms with van der Waals surface area (Å²) in [4.78, 5) is 11.0. The number of aliphatic hydroxyl groups is 2. The lowest BCUT2D eigenvalue weighted by Crippen LogP contribution is -2.10. The van der Waals surface area contributed by atoms with Crippen molar-refractivity contribution in [1.82, 2.24) is 0 Å². The number of carbonyl (C=O) groups excluding carboxylic acids is 1. The molecule has 0 aliphatic heterocycles. The third-order valence-corrected chi connectivity index (χ3v) is 7.96. The normalized spacial score (nSPS) is 12.3. The number of sulfone groups is 1. The van der Waals surface area contributed by atoms with E-state index in [0.717, 1.165) is 12.1 Å². The van der Waals surface area contributed by atoms with Crippen LogP contribution in [0.1, 0.15) is 15.9 Å². The first-order valence-electron chi connectivity index (χ1n) is 11.1. The first-order valence-corrected chi connectivity index (χ1v) is 14.2. The molecule has 0 aromatic heterocycles. The monoisotopic (exact) mass is 592 g/mol. The number of azo groups is 2. The fourth-order valence-corrected chi connectivity index (χ4v) is 5.00. The average molecular weight is 593 g/mol. The molecule has 0 bridgehead atoms. The van der Waals surface area contributed by atoms with Gasteiger partial charge in [-0.05, 0) is 30.3 Å². The Labute approximate surface area is 228 Å². The molecule has 0 amide bonds. The van der Waals surface area contributed by atoms with Crippen LogP contribution in [0.2, 0.25) is 0 Å². The Balaban J connectivity index is 2.19. The third-order valence-electron chi connectivity index (χ3n) is 5.38. The number of methoxy groups -OCH3 is 1. The summed E-state index contributed by atoms with van der Waals surface area (Å²) >= 11 is 0. The minimum absolute atomic E-state index is 0.0465. The van der Waals surface area contributed by atoms with Gasteiger partial charge in [-0.15, -0.1) is 20.5 Å². The summed E-state index contributed by atoms with van der Waals surface area (Å²) in [6, 6.07) is 10.4. The number of esters is 1. The number of hydrogen-bond donors (Lipinski definition) is 5. The number of nitrogens with zero attached hydrogens (tertiary/aromatic N) is 4. The van der Waals surface area contributed by atoms with Gasteiger partial charge in [-0.3, -0.25) is 4.55 Å². The highest BCUT2D eigenvalue weighted by Crippen LogP contribution is 2.43. The Morgan fingerprint density at radius 2 is 1.52 bits per heavy atom. The molecular formula is C23H24N6O9S2. The summed E-state index contributed by atoms with van der Waals surface area (Å²) in [6.45, 7) is -1.19. The first kappa shape index (κ1) is 30.3. The maximum Gasteiger partial charge on any atom is 0.340 e. The van der Waals surface area contributed by atoms with Gasteiger partial charge in [0.15, 0.2) is 9.84 Å². The Morgan fingerprint density at radius 3 is 2.15 bits per heavy atom. The quantitative estimate of drug-likeness (QED) is 0.0989. The van der Waals surface area contributed by atoms with Gasteiger partial charge in [0.05, 0.1) is 53.6 Å². The molecule has 3 aromatic rings. The number of carbonyl (C=O) groups is 1. The topological polar surface area (TPSA) is 257 Å². The molecule has 40 heavy (non-hydrogen) atoms. The van der Waals surface area contributed by atoms with Crippen LogP contribution in [0, 0.1) is 0 Å². The standard InChI is InChI=1S/C23H24N6O9S2/c1-38-23(32)15-4-2-3-5-16(15)26-28-18-11-19(40(35,36)37)21(25)22(20(18)24)29-27-17-10-14(7-6-13(17)12-31)39(33,34)9-8-30/h2-7,10-11,30-31H,8-9,12,24-25H2,1H3,(H,35,36,37). The van der Waals surface area contributed by atoms with Crippen LogP contribution in [-0.2, 0) is 31.3 Å². The molecule has 0 aliphatic rings. The molecule has 3 aromatic carbocycles. The summed E-state index contributed by atoms with van der Waals surface area (Å²) in [5.41, 5.74) is 10.4. The zero-order valence-electron chi connectivity index (χ0n) is 20.8. The van der Waals surface area contributed by atoms with Crippen LogP contribution in [0.5, 0.6) is 0 Å². The van der Waals surface area contributed by atoms with Crippen molar-refractivity contribution in [2.24, 2.45) is 20.5 Å². The number of nitrogen functional groups attached to an aromatic ring is 2. The van der Waals surface area contributed by atoms with Crippen LogP contribution in [-0.4, -0.2) is 57.0 Å². The van der Waals surface area contributed by atoms with Gasteiger partial charge in [0.1, 0.15) is 22.0 Å². The molecule has 0 spiro atoms. The molecule has 0 fully saturated rings. The molecule has 212 valence electrons. The van der Waals surface area contributed by atoms with Crippen molar-refractivity contribution in [3.63, 3.8) is 0 Å². The second kappa shape index (κ2) is 12.3. The Hall–Kier alpha value is -4.29. The molecule has 0 radical (unpaired) electrons. The van der Waals surface area contributed by atoms with E-state index in [-0.39, 0.29) is 38.8 Å². The molecular weight excluding hydrogens is 568 g/mol. The van der Waals surface area contributed by atoms with Crippen molar-refractivity contribution in [3.05, 3.63) is 59.7 Å². The van der Waals surface area contributed by atoms with Crippen molar-refractivity contribution in [1.29, 1.82) is 0 Å². The highest BCUT2D eigenvalue weighted by atomic mass is 32.2. The van der Waals surface area contributed by atoms with Gasteiger partial charge in [0, 0.05) is 5.56 Å². The fraction of sp³-hybridized carbons (Fsp3) is 0.174. The molecule has 0 atom stereocenters. The van der Waals surface area contributed by atoms with E-state index in [9.17, 15) is 31.3 Å². The number of benzene rings is 3. The van der Waals surface area contributed by atoms with E-state index in [1.54, 1.807) is 12.1 Å². The average Bonchev–Trinajstić information content (AvgIpc) is 2.91. The number of rotatable bonds is 10. The van der Waals surface area contributed by atoms with Crippen LogP contribution >= 0.6 is 0 Å². The number of ether oxygens (including phenoxy) is 1. The van der Waals surface area contributed by atoms with Crippen LogP contribution in [0.15, 0.2) is 78.8 Å². The van der Waals surface area contributed by atoms with Crippen molar-refractivity contribution in [2.75, 3.05) is 30.9 Å². The lowest BCUT2D eigenvalue weighted by Gasteiger charge is -2.11. The van der Waals surface area contributed by atoms with Crippen LogP contribution in [0.25, 0.3) is 0 Å². The minimum atomic E-state index is -4.93. The summed E-state index contributed by atoms with van der Waals surface area (Å²) in [7, 11) is -7.65. The molecule has 15 nitrogen and oxygen atoms in total. The van der Waals surface area contributed by atoms with E-state index in [1.165, 1.54) is 31.4 Å². The Kier molecular flexibility index (Phi) is 9.28. The third kappa shape index (κ3) is 6.64. The predicted octanol–water partition coefficient (Wildman–Crippen LogP) is 2.97. The second-order valence-corrected chi connectivity index (χ2v) is 11.4. The molecule has 0 unspecified atom stereocenters. The van der Waals surface area contributed by atoms with E-state index in [0.29, 0.717) is 0 Å². The van der Waals surface area contributed by atoms with Crippen molar-refractivity contribution in [2.45, 2.75) is 16.4 Å². The molecule has 3 rings (SSSR count). The van der Waals surface area contributed by atoms with Crippen molar-refractivity contribution >= 4 is 60.0 Å². The summed E-state index contributed by atoms with van der Waals surface area (Å²) < 4.78 is 63.2. The number of anilines is 2. The van der Waals surface area contributed by atoms with Gasteiger partial charge in [-0.2, -0.15) is 8.42 Å². The molecule has 0 saturated heterocycles. The first-order chi connectivity index (χ1) is 18.8. The van der Waals surface area contributed by atoms with Gasteiger partial charge in [0.2, 0.25) is 0 Å². The Bertz CT molecular complexity index is 1720. The summed E-state index contributed by atoms with van der Waals surface area (Å²) in [5, 5.41) is 34.3. The largest absolute Gasteiger partial charge is 0.465 e. The fourth-order valence-electron chi connectivity index (χ4n) is 3.32. The van der Waals surface area contributed by atoms with Crippen LogP contribution in [0.3, 0.4) is 0 Å². The van der Waals surface area contributed by atoms with E-state index in [1.807, 2.05) is 0 Å². The van der Waals surface area contributed by atoms with E-state index in [4.69, 9.17) is 21.3 Å². The zero-order valence-corrected chi connectivity index (χ0v) is 22.4. The molecule has 7 N–H and O–H groups in total. The predicted molar refractivity (Wildman–Crippen MR) is 143 cm³/mol. The highest BCUT2D eigenvalue weighted by molar-refractivity contribution is 7.91. The number of aliphatic hydroxyl groups excluding tert-OH is 2. The summed E-state index contributed by atoms with van der Waals surface area (Å²) in [6.07, 6.45) is 0. The highest BCUT2D eigenvalue weighted by Gasteiger charge is 2.23. The van der Waals surface area contributed by atoms with Crippen LogP contribution in [0.4, 0.5) is 34.1 Å². The van der Waals surface area contributed by atoms with E-state index < -0.39 is 61.2 Å². The molecule has 0 heterocycles. The minimum Gasteiger partial charge on any atom is -0.465 e. The maximum atomic E-state index is 12.4. The Morgan fingerprint density at radius 1 is 0.875 bits per heavy atom. The SMILES string of the molecule is COC(=O)c1ccccc1N=Nc1cc(S(=O)(=O)O)c(N)c(N=Nc2cc(S(=O)(=O)CCO)ccc2CO)c1N. The molecule has 0 aliphatic carbocycles. The van der Waals surface area contributed by atoms with Crippen molar-refractivity contribution in [3.8, 4) is 0 Å². The molecule has 0 saturated carbocycles. The van der Waals surface area contributed by atoms with Gasteiger partial charge < -0.3 is 26.4 Å². The number of hydrogen-bond acceptors (Lipinski definition) is 14. The lowest BCUT2D eigenvalue weighted by molar-refractivity contribution is 0.0601. The smallest absolute Gasteiger partial charge is 0.340 e. The van der Waals surface area contributed by atoms with Gasteiger partial charge in [-0.1, -0.05) is 18.2 Å². The van der Waals surface area contributed by atoms with E-state index >= 15 is 0 Å². The maximum absolute atomic E-state index is 12.4. The van der Waals surface area contributed by atoms with Gasteiger partial charge in [0.25, 0.3) is 10.1 Å².